The second kappa shape index (κ2) is 6.86. The normalized spacial score (nSPS) is 13.1. The topological polar surface area (TPSA) is 12.0 Å². The van der Waals surface area contributed by atoms with Crippen LogP contribution in [-0.4, -0.2) is 7.05 Å². The lowest BCUT2D eigenvalue weighted by molar-refractivity contribution is 0.281. The molecule has 112 valence electrons. The Morgan fingerprint density at radius 1 is 0.952 bits per heavy atom. The highest BCUT2D eigenvalue weighted by Crippen LogP contribution is 2.43. The van der Waals surface area contributed by atoms with Gasteiger partial charge >= 0.3 is 0 Å². The summed E-state index contributed by atoms with van der Waals surface area (Å²) in [7, 11) is 1.92. The summed E-state index contributed by atoms with van der Waals surface area (Å²) in [6.07, 6.45) is 1.90. The SMILES string of the molecule is CCC(CC)(c1ccccc1)C(NC)c1ccccc1F. The second-order valence-electron chi connectivity index (χ2n) is 5.47. The van der Waals surface area contributed by atoms with Crippen molar-refractivity contribution < 1.29 is 4.39 Å². The van der Waals surface area contributed by atoms with Crippen LogP contribution < -0.4 is 5.32 Å². The molecule has 1 unspecified atom stereocenters. The van der Waals surface area contributed by atoms with E-state index >= 15 is 0 Å². The van der Waals surface area contributed by atoms with Crippen LogP contribution in [-0.2, 0) is 5.41 Å². The van der Waals surface area contributed by atoms with E-state index in [2.05, 4.69) is 43.4 Å². The Morgan fingerprint density at radius 2 is 1.52 bits per heavy atom. The molecule has 1 nitrogen and oxygen atoms in total. The second-order valence-corrected chi connectivity index (χ2v) is 5.47. The van der Waals surface area contributed by atoms with Crippen LogP contribution in [0.3, 0.4) is 0 Å². The van der Waals surface area contributed by atoms with Gasteiger partial charge in [0.05, 0.1) is 0 Å². The van der Waals surface area contributed by atoms with Gasteiger partial charge in [0, 0.05) is 17.0 Å². The minimum Gasteiger partial charge on any atom is -0.312 e. The van der Waals surface area contributed by atoms with Gasteiger partial charge in [-0.15, -0.1) is 0 Å². The molecular weight excluding hydrogens is 261 g/mol. The Hall–Kier alpha value is -1.67. The Balaban J connectivity index is 2.57. The lowest BCUT2D eigenvalue weighted by Crippen LogP contribution is -2.40. The maximum absolute atomic E-state index is 14.3. The predicted octanol–water partition coefficient (Wildman–Crippen LogP) is 4.84. The lowest BCUT2D eigenvalue weighted by Gasteiger charge is -2.40. The highest BCUT2D eigenvalue weighted by molar-refractivity contribution is 5.34. The van der Waals surface area contributed by atoms with Crippen molar-refractivity contribution in [2.75, 3.05) is 7.05 Å². The van der Waals surface area contributed by atoms with Crippen LogP contribution in [0.2, 0.25) is 0 Å². The van der Waals surface area contributed by atoms with Gasteiger partial charge in [0.25, 0.3) is 0 Å². The molecule has 2 aromatic carbocycles. The van der Waals surface area contributed by atoms with E-state index in [0.29, 0.717) is 0 Å². The van der Waals surface area contributed by atoms with E-state index in [9.17, 15) is 4.39 Å². The minimum atomic E-state index is -0.140. The summed E-state index contributed by atoms with van der Waals surface area (Å²) >= 11 is 0. The van der Waals surface area contributed by atoms with Crippen LogP contribution in [0.4, 0.5) is 4.39 Å². The summed E-state index contributed by atoms with van der Waals surface area (Å²) in [6, 6.07) is 17.5. The first-order valence-electron chi connectivity index (χ1n) is 7.66. The molecular formula is C19H24FN. The zero-order valence-electron chi connectivity index (χ0n) is 13.1. The molecule has 0 saturated heterocycles. The molecule has 1 N–H and O–H groups in total. The van der Waals surface area contributed by atoms with E-state index in [1.54, 1.807) is 12.1 Å². The maximum atomic E-state index is 14.3. The maximum Gasteiger partial charge on any atom is 0.128 e. The molecule has 2 aromatic rings. The molecule has 2 rings (SSSR count). The fraction of sp³-hybridized carbons (Fsp3) is 0.368. The molecule has 0 heterocycles. The number of benzene rings is 2. The summed E-state index contributed by atoms with van der Waals surface area (Å²) in [6.45, 7) is 4.36. The van der Waals surface area contributed by atoms with Crippen LogP contribution in [0.15, 0.2) is 54.6 Å². The number of nitrogens with one attached hydrogen (secondary N) is 1. The average molecular weight is 285 g/mol. The van der Waals surface area contributed by atoms with Crippen molar-refractivity contribution in [1.82, 2.24) is 5.32 Å². The quantitative estimate of drug-likeness (QED) is 0.800. The number of hydrogen-bond acceptors (Lipinski definition) is 1. The molecule has 0 spiro atoms. The van der Waals surface area contributed by atoms with E-state index < -0.39 is 0 Å². The van der Waals surface area contributed by atoms with Gasteiger partial charge in [-0.1, -0.05) is 62.4 Å². The Labute approximate surface area is 127 Å². The van der Waals surface area contributed by atoms with Crippen LogP contribution >= 0.6 is 0 Å². The molecule has 1 atom stereocenters. The van der Waals surface area contributed by atoms with Crippen molar-refractivity contribution in [3.05, 3.63) is 71.5 Å². The van der Waals surface area contributed by atoms with Crippen molar-refractivity contribution in [3.63, 3.8) is 0 Å². The molecule has 0 amide bonds. The van der Waals surface area contributed by atoms with Crippen molar-refractivity contribution in [3.8, 4) is 0 Å². The van der Waals surface area contributed by atoms with E-state index in [1.807, 2.05) is 25.2 Å². The van der Waals surface area contributed by atoms with Gasteiger partial charge in [-0.05, 0) is 31.5 Å². The molecule has 0 aliphatic carbocycles. The monoisotopic (exact) mass is 285 g/mol. The summed E-state index contributed by atoms with van der Waals surface area (Å²) in [5, 5.41) is 3.36. The third kappa shape index (κ3) is 2.86. The summed E-state index contributed by atoms with van der Waals surface area (Å²) in [4.78, 5) is 0. The molecule has 0 bridgehead atoms. The largest absolute Gasteiger partial charge is 0.312 e. The van der Waals surface area contributed by atoms with Gasteiger partial charge in [0.15, 0.2) is 0 Å². The summed E-state index contributed by atoms with van der Waals surface area (Å²) < 4.78 is 14.3. The highest BCUT2D eigenvalue weighted by atomic mass is 19.1. The fourth-order valence-electron chi connectivity index (χ4n) is 3.44. The first kappa shape index (κ1) is 15.7. The van der Waals surface area contributed by atoms with Crippen molar-refractivity contribution in [2.24, 2.45) is 0 Å². The van der Waals surface area contributed by atoms with Gasteiger partial charge in [-0.25, -0.2) is 4.39 Å². The highest BCUT2D eigenvalue weighted by Gasteiger charge is 2.38. The average Bonchev–Trinajstić information content (AvgIpc) is 2.55. The van der Waals surface area contributed by atoms with Crippen molar-refractivity contribution in [2.45, 2.75) is 38.1 Å². The van der Waals surface area contributed by atoms with E-state index in [-0.39, 0.29) is 17.3 Å². The van der Waals surface area contributed by atoms with Crippen LogP contribution in [0, 0.1) is 5.82 Å². The zero-order chi connectivity index (χ0) is 15.3. The molecule has 0 aliphatic heterocycles. The molecule has 0 aromatic heterocycles. The molecule has 0 fully saturated rings. The number of likely N-dealkylation sites (N-methyl/N-ethyl adjacent to an activating group) is 1. The standard InChI is InChI=1S/C19H24FN/c1-4-19(5-2,15-11-7-6-8-12-15)18(21-3)16-13-9-10-14-17(16)20/h6-14,18,21H,4-5H2,1-3H3. The van der Waals surface area contributed by atoms with Gasteiger partial charge in [0.1, 0.15) is 5.82 Å². The Kier molecular flexibility index (Phi) is 5.13. The van der Waals surface area contributed by atoms with Crippen molar-refractivity contribution in [1.29, 1.82) is 0 Å². The smallest absolute Gasteiger partial charge is 0.128 e. The third-order valence-electron chi connectivity index (χ3n) is 4.67. The molecule has 2 heteroatoms. The van der Waals surface area contributed by atoms with E-state index in [0.717, 1.165) is 18.4 Å². The number of halogens is 1. The fourth-order valence-corrected chi connectivity index (χ4v) is 3.44. The molecule has 0 aliphatic rings. The lowest BCUT2D eigenvalue weighted by atomic mass is 9.68. The van der Waals surface area contributed by atoms with Gasteiger partial charge < -0.3 is 5.32 Å². The Bertz CT molecular complexity index is 561. The third-order valence-corrected chi connectivity index (χ3v) is 4.67. The number of hydrogen-bond donors (Lipinski definition) is 1. The van der Waals surface area contributed by atoms with Crippen LogP contribution in [0.25, 0.3) is 0 Å². The summed E-state index contributed by atoms with van der Waals surface area (Å²) in [5.74, 6) is -0.140. The van der Waals surface area contributed by atoms with E-state index in [1.165, 1.54) is 5.56 Å². The van der Waals surface area contributed by atoms with Gasteiger partial charge in [0.2, 0.25) is 0 Å². The first-order valence-corrected chi connectivity index (χ1v) is 7.66. The number of rotatable bonds is 6. The Morgan fingerprint density at radius 3 is 2.05 bits per heavy atom. The predicted molar refractivity (Wildman–Crippen MR) is 86.9 cm³/mol. The molecule has 0 radical (unpaired) electrons. The summed E-state index contributed by atoms with van der Waals surface area (Å²) in [5.41, 5.74) is 1.89. The zero-order valence-corrected chi connectivity index (χ0v) is 13.1. The minimum absolute atomic E-state index is 0.0453. The van der Waals surface area contributed by atoms with Gasteiger partial charge in [-0.3, -0.25) is 0 Å². The van der Waals surface area contributed by atoms with Crippen LogP contribution in [0.1, 0.15) is 43.9 Å². The van der Waals surface area contributed by atoms with Crippen LogP contribution in [0.5, 0.6) is 0 Å². The molecule has 0 saturated carbocycles. The van der Waals surface area contributed by atoms with E-state index in [4.69, 9.17) is 0 Å². The van der Waals surface area contributed by atoms with Gasteiger partial charge in [-0.2, -0.15) is 0 Å². The van der Waals surface area contributed by atoms with Crippen molar-refractivity contribution >= 4 is 0 Å². The first-order chi connectivity index (χ1) is 10.2. The molecule has 21 heavy (non-hydrogen) atoms.